The van der Waals surface area contributed by atoms with Crippen molar-refractivity contribution in [2.45, 2.75) is 20.3 Å². The van der Waals surface area contributed by atoms with Crippen LogP contribution in [0, 0.1) is 12.7 Å². The zero-order valence-electron chi connectivity index (χ0n) is 12.3. The Kier molecular flexibility index (Phi) is 3.58. The van der Waals surface area contributed by atoms with Crippen LogP contribution in [0.4, 0.5) is 10.2 Å². The maximum atomic E-state index is 13.6. The molecule has 2 heterocycles. The first-order valence-corrected chi connectivity index (χ1v) is 6.99. The zero-order valence-corrected chi connectivity index (χ0v) is 12.3. The zero-order chi connectivity index (χ0) is 15.7. The van der Waals surface area contributed by atoms with Crippen molar-refractivity contribution in [3.05, 3.63) is 59.4 Å². The Bertz CT molecular complexity index is 856. The molecule has 0 radical (unpaired) electrons. The molecule has 0 fully saturated rings. The quantitative estimate of drug-likeness (QED) is 0.808. The number of benzene rings is 1. The van der Waals surface area contributed by atoms with E-state index >= 15 is 0 Å². The second-order valence-corrected chi connectivity index (χ2v) is 4.97. The summed E-state index contributed by atoms with van der Waals surface area (Å²) in [6.07, 6.45) is 4.21. The summed E-state index contributed by atoms with van der Waals surface area (Å²) in [7, 11) is 0. The highest BCUT2D eigenvalue weighted by Crippen LogP contribution is 2.15. The summed E-state index contributed by atoms with van der Waals surface area (Å²) in [6.45, 7) is 3.86. The largest absolute Gasteiger partial charge is 0.305 e. The molecule has 3 aromatic rings. The van der Waals surface area contributed by atoms with Crippen LogP contribution in [-0.4, -0.2) is 20.3 Å². The van der Waals surface area contributed by atoms with Crippen LogP contribution in [0.2, 0.25) is 0 Å². The molecule has 22 heavy (non-hydrogen) atoms. The second kappa shape index (κ2) is 5.55. The summed E-state index contributed by atoms with van der Waals surface area (Å²) < 4.78 is 15.5. The first-order valence-electron chi connectivity index (χ1n) is 6.99. The van der Waals surface area contributed by atoms with Gasteiger partial charge in [0.05, 0.1) is 23.1 Å². The van der Waals surface area contributed by atoms with Crippen LogP contribution in [0.25, 0.3) is 5.65 Å². The molecule has 0 spiro atoms. The van der Waals surface area contributed by atoms with Crippen molar-refractivity contribution in [1.29, 1.82) is 0 Å². The summed E-state index contributed by atoms with van der Waals surface area (Å²) in [5, 5.41) is 2.64. The van der Waals surface area contributed by atoms with Gasteiger partial charge < -0.3 is 9.72 Å². The smallest absolute Gasteiger partial charge is 0.259 e. The second-order valence-electron chi connectivity index (χ2n) is 4.97. The number of hydrogen-bond acceptors (Lipinski definition) is 3. The third kappa shape index (κ3) is 2.55. The lowest BCUT2D eigenvalue weighted by Gasteiger charge is -2.08. The third-order valence-electron chi connectivity index (χ3n) is 3.32. The van der Waals surface area contributed by atoms with Crippen LogP contribution in [-0.2, 0) is 6.42 Å². The van der Waals surface area contributed by atoms with Crippen LogP contribution >= 0.6 is 0 Å². The molecule has 0 bridgehead atoms. The van der Waals surface area contributed by atoms with Crippen molar-refractivity contribution < 1.29 is 9.18 Å². The van der Waals surface area contributed by atoms with E-state index in [1.165, 1.54) is 12.1 Å². The predicted octanol–water partition coefficient (Wildman–Crippen LogP) is 2.99. The van der Waals surface area contributed by atoms with Crippen LogP contribution in [0.3, 0.4) is 0 Å². The lowest BCUT2D eigenvalue weighted by atomic mass is 10.2. The van der Waals surface area contributed by atoms with Gasteiger partial charge in [0.25, 0.3) is 5.91 Å². The standard InChI is InChI=1S/C16H15FN4O/c1-3-13-15-18-10(2)8-21(15)9-14(19-13)20-16(22)11-6-4-5-7-12(11)17/h4-9H,3H2,1-2H3,(H,20,22). The molecule has 3 rings (SSSR count). The average Bonchev–Trinajstić information content (AvgIpc) is 2.87. The normalized spacial score (nSPS) is 10.9. The summed E-state index contributed by atoms with van der Waals surface area (Å²) >= 11 is 0. The Hall–Kier alpha value is -2.76. The van der Waals surface area contributed by atoms with Gasteiger partial charge in [-0.05, 0) is 25.5 Å². The molecule has 1 aromatic carbocycles. The lowest BCUT2D eigenvalue weighted by molar-refractivity contribution is 0.102. The molecule has 1 N–H and O–H groups in total. The SMILES string of the molecule is CCc1nc(NC(=O)c2ccccc2F)cn2cc(C)nc12. The van der Waals surface area contributed by atoms with Crippen LogP contribution < -0.4 is 5.32 Å². The first kappa shape index (κ1) is 14.2. The predicted molar refractivity (Wildman–Crippen MR) is 81.5 cm³/mol. The van der Waals surface area contributed by atoms with Gasteiger partial charge >= 0.3 is 0 Å². The summed E-state index contributed by atoms with van der Waals surface area (Å²) in [5.41, 5.74) is 2.40. The fourth-order valence-corrected chi connectivity index (χ4v) is 2.31. The molecule has 0 aliphatic heterocycles. The number of aromatic nitrogens is 3. The highest BCUT2D eigenvalue weighted by molar-refractivity contribution is 6.03. The van der Waals surface area contributed by atoms with E-state index in [2.05, 4.69) is 15.3 Å². The number of halogens is 1. The fraction of sp³-hybridized carbons (Fsp3) is 0.188. The topological polar surface area (TPSA) is 59.3 Å². The lowest BCUT2D eigenvalue weighted by Crippen LogP contribution is -2.15. The van der Waals surface area contributed by atoms with Crippen molar-refractivity contribution in [1.82, 2.24) is 14.4 Å². The molecule has 5 nitrogen and oxygen atoms in total. The number of carbonyl (C=O) groups is 1. The molecule has 0 saturated carbocycles. The van der Waals surface area contributed by atoms with E-state index in [0.717, 1.165) is 17.0 Å². The maximum Gasteiger partial charge on any atom is 0.259 e. The first-order chi connectivity index (χ1) is 10.6. The van der Waals surface area contributed by atoms with Crippen LogP contribution in [0.15, 0.2) is 36.7 Å². The number of amides is 1. The Morgan fingerprint density at radius 2 is 2.05 bits per heavy atom. The van der Waals surface area contributed by atoms with Gasteiger partial charge in [0.1, 0.15) is 11.6 Å². The fourth-order valence-electron chi connectivity index (χ4n) is 2.31. The van der Waals surface area contributed by atoms with Gasteiger partial charge in [0, 0.05) is 6.20 Å². The van der Waals surface area contributed by atoms with Gasteiger partial charge in [-0.1, -0.05) is 19.1 Å². The number of nitrogens with zero attached hydrogens (tertiary/aromatic N) is 3. The van der Waals surface area contributed by atoms with Crippen molar-refractivity contribution in [3.63, 3.8) is 0 Å². The molecule has 0 unspecified atom stereocenters. The average molecular weight is 298 g/mol. The number of aryl methyl sites for hydroxylation is 2. The van der Waals surface area contributed by atoms with E-state index in [1.807, 2.05) is 24.4 Å². The van der Waals surface area contributed by atoms with E-state index in [0.29, 0.717) is 12.2 Å². The highest BCUT2D eigenvalue weighted by atomic mass is 19.1. The van der Waals surface area contributed by atoms with Gasteiger partial charge in [0.15, 0.2) is 5.65 Å². The number of anilines is 1. The molecule has 2 aromatic heterocycles. The molecular weight excluding hydrogens is 283 g/mol. The molecule has 0 aliphatic rings. The molecule has 0 atom stereocenters. The van der Waals surface area contributed by atoms with Crippen molar-refractivity contribution >= 4 is 17.4 Å². The number of hydrogen-bond donors (Lipinski definition) is 1. The van der Waals surface area contributed by atoms with Gasteiger partial charge in [-0.3, -0.25) is 4.79 Å². The van der Waals surface area contributed by atoms with Crippen molar-refractivity contribution in [2.75, 3.05) is 5.32 Å². The number of rotatable bonds is 3. The van der Waals surface area contributed by atoms with E-state index < -0.39 is 11.7 Å². The van der Waals surface area contributed by atoms with E-state index in [1.54, 1.807) is 18.3 Å². The minimum absolute atomic E-state index is 0.00995. The number of carbonyl (C=O) groups excluding carboxylic acids is 1. The molecule has 0 saturated heterocycles. The van der Waals surface area contributed by atoms with Crippen LogP contribution in [0.5, 0.6) is 0 Å². The summed E-state index contributed by atoms with van der Waals surface area (Å²) in [4.78, 5) is 21.0. The van der Waals surface area contributed by atoms with Gasteiger partial charge in [-0.15, -0.1) is 0 Å². The maximum absolute atomic E-state index is 13.6. The third-order valence-corrected chi connectivity index (χ3v) is 3.32. The van der Waals surface area contributed by atoms with Crippen molar-refractivity contribution in [3.8, 4) is 0 Å². The molecule has 6 heteroatoms. The van der Waals surface area contributed by atoms with Gasteiger partial charge in [-0.25, -0.2) is 14.4 Å². The minimum Gasteiger partial charge on any atom is -0.305 e. The summed E-state index contributed by atoms with van der Waals surface area (Å²) in [6, 6.07) is 5.85. The molecule has 112 valence electrons. The highest BCUT2D eigenvalue weighted by Gasteiger charge is 2.13. The summed E-state index contributed by atoms with van der Waals surface area (Å²) in [5.74, 6) is -0.714. The molecule has 0 aliphatic carbocycles. The monoisotopic (exact) mass is 298 g/mol. The number of nitrogens with one attached hydrogen (secondary N) is 1. The Morgan fingerprint density at radius 1 is 1.27 bits per heavy atom. The van der Waals surface area contributed by atoms with Crippen LogP contribution in [0.1, 0.15) is 28.7 Å². The van der Waals surface area contributed by atoms with E-state index in [9.17, 15) is 9.18 Å². The molecule has 1 amide bonds. The van der Waals surface area contributed by atoms with Gasteiger partial charge in [0.2, 0.25) is 0 Å². The van der Waals surface area contributed by atoms with Crippen molar-refractivity contribution in [2.24, 2.45) is 0 Å². The number of imidazole rings is 1. The number of fused-ring (bicyclic) bond motifs is 1. The Morgan fingerprint density at radius 3 is 2.77 bits per heavy atom. The Balaban J connectivity index is 1.97. The van der Waals surface area contributed by atoms with E-state index in [4.69, 9.17) is 0 Å². The minimum atomic E-state index is -0.560. The van der Waals surface area contributed by atoms with Gasteiger partial charge in [-0.2, -0.15) is 0 Å². The van der Waals surface area contributed by atoms with E-state index in [-0.39, 0.29) is 5.56 Å². The molecular formula is C16H15FN4O. The Labute approximate surface area is 126 Å².